The van der Waals surface area contributed by atoms with Crippen LogP contribution in [0.2, 0.25) is 0 Å². The van der Waals surface area contributed by atoms with E-state index in [4.69, 9.17) is 10.5 Å². The standard InChI is InChI=1S/C8H16N2O/c1-6(2)7-5-11-8(10-7)3-4-9/h6-7H,3-5,9H2,1-2H3. The zero-order valence-electron chi connectivity index (χ0n) is 7.21. The zero-order valence-corrected chi connectivity index (χ0v) is 7.21. The summed E-state index contributed by atoms with van der Waals surface area (Å²) >= 11 is 0. The van der Waals surface area contributed by atoms with Gasteiger partial charge in [0.1, 0.15) is 6.61 Å². The van der Waals surface area contributed by atoms with E-state index in [2.05, 4.69) is 18.8 Å². The van der Waals surface area contributed by atoms with Crippen LogP contribution in [0.15, 0.2) is 4.99 Å². The fourth-order valence-corrected chi connectivity index (χ4v) is 1.04. The van der Waals surface area contributed by atoms with Crippen molar-refractivity contribution in [2.24, 2.45) is 16.6 Å². The van der Waals surface area contributed by atoms with Crippen molar-refractivity contribution in [2.45, 2.75) is 26.3 Å². The Morgan fingerprint density at radius 3 is 2.91 bits per heavy atom. The summed E-state index contributed by atoms with van der Waals surface area (Å²) in [6, 6.07) is 0.358. The molecule has 1 heterocycles. The molecule has 0 aromatic rings. The topological polar surface area (TPSA) is 47.6 Å². The van der Waals surface area contributed by atoms with Crippen LogP contribution in [0.1, 0.15) is 20.3 Å². The number of rotatable bonds is 3. The molecule has 1 aliphatic rings. The molecular formula is C8H16N2O. The van der Waals surface area contributed by atoms with Crippen LogP contribution in [0, 0.1) is 5.92 Å². The molecule has 1 atom stereocenters. The van der Waals surface area contributed by atoms with E-state index in [1.807, 2.05) is 0 Å². The Balaban J connectivity index is 2.40. The lowest BCUT2D eigenvalue weighted by atomic mass is 10.1. The van der Waals surface area contributed by atoms with Gasteiger partial charge >= 0.3 is 0 Å². The second-order valence-corrected chi connectivity index (χ2v) is 3.18. The van der Waals surface area contributed by atoms with Crippen molar-refractivity contribution in [3.05, 3.63) is 0 Å². The lowest BCUT2D eigenvalue weighted by Crippen LogP contribution is -2.13. The fraction of sp³-hybridized carbons (Fsp3) is 0.875. The average molecular weight is 156 g/mol. The highest BCUT2D eigenvalue weighted by Crippen LogP contribution is 2.14. The minimum atomic E-state index is 0.358. The van der Waals surface area contributed by atoms with E-state index in [0.717, 1.165) is 18.9 Å². The SMILES string of the molecule is CC(C)C1COC(CCN)=N1. The molecule has 3 heteroatoms. The molecule has 3 nitrogen and oxygen atoms in total. The third-order valence-corrected chi connectivity index (χ3v) is 1.86. The second kappa shape index (κ2) is 3.72. The van der Waals surface area contributed by atoms with Crippen molar-refractivity contribution in [1.82, 2.24) is 0 Å². The van der Waals surface area contributed by atoms with Gasteiger partial charge in [-0.1, -0.05) is 13.8 Å². The number of nitrogens with zero attached hydrogens (tertiary/aromatic N) is 1. The maximum Gasteiger partial charge on any atom is 0.184 e. The van der Waals surface area contributed by atoms with Gasteiger partial charge in [0.25, 0.3) is 0 Å². The van der Waals surface area contributed by atoms with Gasteiger partial charge in [0.15, 0.2) is 5.90 Å². The third kappa shape index (κ3) is 2.19. The van der Waals surface area contributed by atoms with Gasteiger partial charge in [0.2, 0.25) is 0 Å². The summed E-state index contributed by atoms with van der Waals surface area (Å²) < 4.78 is 5.34. The minimum absolute atomic E-state index is 0.358. The van der Waals surface area contributed by atoms with Crippen LogP contribution in [-0.4, -0.2) is 25.1 Å². The van der Waals surface area contributed by atoms with Crippen LogP contribution >= 0.6 is 0 Å². The predicted molar refractivity (Wildman–Crippen MR) is 45.7 cm³/mol. The molecule has 64 valence electrons. The summed E-state index contributed by atoms with van der Waals surface area (Å²) in [6.07, 6.45) is 0.781. The smallest absolute Gasteiger partial charge is 0.184 e. The van der Waals surface area contributed by atoms with Gasteiger partial charge in [-0.15, -0.1) is 0 Å². The van der Waals surface area contributed by atoms with E-state index >= 15 is 0 Å². The Morgan fingerprint density at radius 2 is 2.45 bits per heavy atom. The average Bonchev–Trinajstić information content (AvgIpc) is 2.37. The van der Waals surface area contributed by atoms with E-state index < -0.39 is 0 Å². The van der Waals surface area contributed by atoms with Gasteiger partial charge in [-0.3, -0.25) is 0 Å². The lowest BCUT2D eigenvalue weighted by molar-refractivity contribution is 0.286. The Hall–Kier alpha value is -0.570. The van der Waals surface area contributed by atoms with Gasteiger partial charge in [0, 0.05) is 13.0 Å². The Kier molecular flexibility index (Phi) is 2.88. The van der Waals surface area contributed by atoms with Crippen molar-refractivity contribution < 1.29 is 4.74 Å². The molecular weight excluding hydrogens is 140 g/mol. The van der Waals surface area contributed by atoms with Gasteiger partial charge in [-0.25, -0.2) is 4.99 Å². The molecule has 11 heavy (non-hydrogen) atoms. The van der Waals surface area contributed by atoms with Crippen LogP contribution < -0.4 is 5.73 Å². The molecule has 0 saturated heterocycles. The predicted octanol–water partition coefficient (Wildman–Crippen LogP) is 0.788. The Bertz CT molecular complexity index is 154. The maximum atomic E-state index is 5.37. The molecule has 0 fully saturated rings. The van der Waals surface area contributed by atoms with E-state index in [1.165, 1.54) is 0 Å². The molecule has 1 aliphatic heterocycles. The van der Waals surface area contributed by atoms with Crippen molar-refractivity contribution in [3.63, 3.8) is 0 Å². The summed E-state index contributed by atoms with van der Waals surface area (Å²) in [4.78, 5) is 4.39. The summed E-state index contributed by atoms with van der Waals surface area (Å²) in [6.45, 7) is 5.68. The van der Waals surface area contributed by atoms with Crippen molar-refractivity contribution in [2.75, 3.05) is 13.2 Å². The number of hydrogen-bond acceptors (Lipinski definition) is 3. The largest absolute Gasteiger partial charge is 0.479 e. The highest BCUT2D eigenvalue weighted by molar-refractivity contribution is 5.77. The molecule has 0 aliphatic carbocycles. The number of hydrogen-bond donors (Lipinski definition) is 1. The molecule has 1 rings (SSSR count). The molecule has 0 aromatic carbocycles. The van der Waals surface area contributed by atoms with E-state index in [-0.39, 0.29) is 0 Å². The minimum Gasteiger partial charge on any atom is -0.479 e. The lowest BCUT2D eigenvalue weighted by Gasteiger charge is -2.06. The summed E-state index contributed by atoms with van der Waals surface area (Å²) in [5.41, 5.74) is 5.37. The molecule has 0 spiro atoms. The van der Waals surface area contributed by atoms with Crippen LogP contribution in [0.4, 0.5) is 0 Å². The second-order valence-electron chi connectivity index (χ2n) is 3.18. The van der Waals surface area contributed by atoms with Gasteiger partial charge in [-0.2, -0.15) is 0 Å². The quantitative estimate of drug-likeness (QED) is 0.656. The first-order valence-corrected chi connectivity index (χ1v) is 4.13. The Morgan fingerprint density at radius 1 is 1.73 bits per heavy atom. The summed E-state index contributed by atoms with van der Waals surface area (Å²) in [7, 11) is 0. The summed E-state index contributed by atoms with van der Waals surface area (Å²) in [5.74, 6) is 1.41. The molecule has 0 amide bonds. The molecule has 1 unspecified atom stereocenters. The molecule has 0 saturated carbocycles. The maximum absolute atomic E-state index is 5.37. The monoisotopic (exact) mass is 156 g/mol. The van der Waals surface area contributed by atoms with Crippen molar-refractivity contribution >= 4 is 5.90 Å². The van der Waals surface area contributed by atoms with Gasteiger partial charge < -0.3 is 10.5 Å². The zero-order chi connectivity index (χ0) is 8.27. The molecule has 0 aromatic heterocycles. The van der Waals surface area contributed by atoms with Crippen LogP contribution in [0.25, 0.3) is 0 Å². The van der Waals surface area contributed by atoms with Crippen LogP contribution in [0.5, 0.6) is 0 Å². The van der Waals surface area contributed by atoms with Crippen molar-refractivity contribution in [3.8, 4) is 0 Å². The highest BCUT2D eigenvalue weighted by Gasteiger charge is 2.20. The molecule has 2 N–H and O–H groups in total. The molecule has 0 radical (unpaired) electrons. The first-order chi connectivity index (χ1) is 5.24. The normalized spacial score (nSPS) is 23.6. The van der Waals surface area contributed by atoms with Crippen LogP contribution in [-0.2, 0) is 4.74 Å². The van der Waals surface area contributed by atoms with E-state index in [1.54, 1.807) is 0 Å². The van der Waals surface area contributed by atoms with Crippen molar-refractivity contribution in [1.29, 1.82) is 0 Å². The number of aliphatic imine (C=N–C) groups is 1. The van der Waals surface area contributed by atoms with E-state index in [0.29, 0.717) is 18.5 Å². The fourth-order valence-electron chi connectivity index (χ4n) is 1.04. The molecule has 0 bridgehead atoms. The first kappa shape index (κ1) is 8.53. The van der Waals surface area contributed by atoms with Gasteiger partial charge in [-0.05, 0) is 5.92 Å². The Labute approximate surface area is 67.6 Å². The van der Waals surface area contributed by atoms with E-state index in [9.17, 15) is 0 Å². The third-order valence-electron chi connectivity index (χ3n) is 1.86. The van der Waals surface area contributed by atoms with Crippen LogP contribution in [0.3, 0.4) is 0 Å². The van der Waals surface area contributed by atoms with Gasteiger partial charge in [0.05, 0.1) is 6.04 Å². The number of ether oxygens (including phenoxy) is 1. The number of nitrogens with two attached hydrogens (primary N) is 1. The first-order valence-electron chi connectivity index (χ1n) is 4.13. The summed E-state index contributed by atoms with van der Waals surface area (Å²) in [5, 5.41) is 0. The highest BCUT2D eigenvalue weighted by atomic mass is 16.5.